The molecule has 2 saturated heterocycles. The maximum absolute atomic E-state index is 9.73. The first-order chi connectivity index (χ1) is 25.4. The van der Waals surface area contributed by atoms with E-state index >= 15 is 0 Å². The van der Waals surface area contributed by atoms with Crippen molar-refractivity contribution in [1.29, 1.82) is 0 Å². The van der Waals surface area contributed by atoms with Crippen LogP contribution in [-0.2, 0) is 0 Å². The van der Waals surface area contributed by atoms with Crippen molar-refractivity contribution in [3.63, 3.8) is 0 Å². The molecular weight excluding hydrogens is 645 g/mol. The van der Waals surface area contributed by atoms with Gasteiger partial charge in [0.15, 0.2) is 0 Å². The zero-order valence-electron chi connectivity index (χ0n) is 32.7. The summed E-state index contributed by atoms with van der Waals surface area (Å²) in [7, 11) is 0. The van der Waals surface area contributed by atoms with E-state index in [9.17, 15) is 10.2 Å². The highest BCUT2D eigenvalue weighted by molar-refractivity contribution is 5.83. The first-order valence-electron chi connectivity index (χ1n) is 21.4. The number of ether oxygens (including phenoxy) is 2. The molecule has 2 aliphatic carbocycles. The fraction of sp³-hybridized carbons (Fsp3) is 0.696. The lowest BCUT2D eigenvalue weighted by molar-refractivity contribution is 0.0815. The van der Waals surface area contributed by atoms with E-state index in [1.165, 1.54) is 80.9 Å². The predicted octanol–water partition coefficient (Wildman–Crippen LogP) is 9.37. The van der Waals surface area contributed by atoms with E-state index in [1.54, 1.807) is 5.57 Å². The smallest absolute Gasteiger partial charge is 0.119 e. The number of likely N-dealkylation sites (tertiary alicyclic amines) is 2. The Morgan fingerprint density at radius 1 is 0.577 bits per heavy atom. The van der Waals surface area contributed by atoms with Crippen LogP contribution in [0.25, 0.3) is 5.57 Å². The standard InChI is InChI=1S/C46H70N2O4/c1-35-31-37-33-36(2)45(40(32-35)34-37)46(38-11-15-43(16-12-38)51-29-9-5-3-7-23-47-25-19-41(49)20-26-47)39-13-17-44(18-14-39)52-30-10-6-4-8-24-48-27-21-42(50)22-28-48/h11-18,35-37,40-42,49-50H,3-10,19-34H2,1-2H3. The summed E-state index contributed by atoms with van der Waals surface area (Å²) in [6.45, 7) is 13.0. The Morgan fingerprint density at radius 2 is 1.04 bits per heavy atom. The Hall–Kier alpha value is -2.38. The molecule has 2 heterocycles. The van der Waals surface area contributed by atoms with E-state index in [-0.39, 0.29) is 12.2 Å². The molecule has 2 saturated carbocycles. The van der Waals surface area contributed by atoms with Gasteiger partial charge < -0.3 is 29.5 Å². The molecule has 0 amide bonds. The van der Waals surface area contributed by atoms with Gasteiger partial charge in [-0.15, -0.1) is 0 Å². The highest BCUT2D eigenvalue weighted by atomic mass is 16.5. The largest absolute Gasteiger partial charge is 0.494 e. The molecule has 0 radical (unpaired) electrons. The molecule has 288 valence electrons. The maximum Gasteiger partial charge on any atom is 0.119 e. The Labute approximate surface area is 316 Å². The molecule has 4 aliphatic rings. The SMILES string of the molecule is CC1CC2CC(C)C(=C(c3ccc(OCCCCCCN4CCC(O)CC4)cc3)c3ccc(OCCCCCCN4CCC(O)CC4)cc3)C(C1)C2. The van der Waals surface area contributed by atoms with Crippen LogP contribution in [0.4, 0.5) is 0 Å². The first-order valence-corrected chi connectivity index (χ1v) is 21.4. The maximum atomic E-state index is 9.73. The number of allylic oxidation sites excluding steroid dienone is 1. The number of hydrogen-bond donors (Lipinski definition) is 2. The lowest BCUT2D eigenvalue weighted by Crippen LogP contribution is -2.36. The lowest BCUT2D eigenvalue weighted by atomic mass is 9.61. The second-order valence-corrected chi connectivity index (χ2v) is 17.1. The van der Waals surface area contributed by atoms with E-state index in [4.69, 9.17) is 9.47 Å². The minimum atomic E-state index is -0.0829. The van der Waals surface area contributed by atoms with Crippen LogP contribution < -0.4 is 9.47 Å². The monoisotopic (exact) mass is 715 g/mol. The Morgan fingerprint density at radius 3 is 1.52 bits per heavy atom. The molecule has 6 rings (SSSR count). The molecule has 6 nitrogen and oxygen atoms in total. The van der Waals surface area contributed by atoms with Gasteiger partial charge in [0.1, 0.15) is 11.5 Å². The molecule has 0 aromatic heterocycles. The normalized spacial score (nSPS) is 25.0. The number of piperidine rings is 2. The van der Waals surface area contributed by atoms with Gasteiger partial charge in [-0.25, -0.2) is 0 Å². The molecule has 4 fully saturated rings. The summed E-state index contributed by atoms with van der Waals surface area (Å²) in [5, 5.41) is 19.5. The minimum absolute atomic E-state index is 0.0829. The minimum Gasteiger partial charge on any atom is -0.494 e. The quantitative estimate of drug-likeness (QED) is 0.150. The van der Waals surface area contributed by atoms with E-state index in [1.807, 2.05) is 0 Å². The van der Waals surface area contributed by atoms with E-state index in [2.05, 4.69) is 72.2 Å². The molecule has 4 unspecified atom stereocenters. The van der Waals surface area contributed by atoms with Crippen LogP contribution in [0.15, 0.2) is 54.1 Å². The van der Waals surface area contributed by atoms with Gasteiger partial charge in [0.2, 0.25) is 0 Å². The zero-order valence-corrected chi connectivity index (χ0v) is 32.7. The number of rotatable bonds is 18. The van der Waals surface area contributed by atoms with Gasteiger partial charge in [-0.2, -0.15) is 0 Å². The van der Waals surface area contributed by atoms with Crippen molar-refractivity contribution < 1.29 is 19.7 Å². The second kappa shape index (κ2) is 20.3. The van der Waals surface area contributed by atoms with Crippen molar-refractivity contribution in [2.75, 3.05) is 52.5 Å². The third-order valence-corrected chi connectivity index (χ3v) is 12.7. The summed E-state index contributed by atoms with van der Waals surface area (Å²) in [6.07, 6.45) is 18.5. The van der Waals surface area contributed by atoms with Crippen LogP contribution in [0.3, 0.4) is 0 Å². The van der Waals surface area contributed by atoms with Crippen LogP contribution in [0.1, 0.15) is 128 Å². The molecular formula is C46H70N2O4. The fourth-order valence-electron chi connectivity index (χ4n) is 9.86. The highest BCUT2D eigenvalue weighted by Crippen LogP contribution is 2.51. The van der Waals surface area contributed by atoms with Gasteiger partial charge >= 0.3 is 0 Å². The summed E-state index contributed by atoms with van der Waals surface area (Å²) in [5.74, 6) is 4.88. The molecule has 2 aliphatic heterocycles. The molecule has 4 atom stereocenters. The van der Waals surface area contributed by atoms with Gasteiger partial charge in [-0.1, -0.05) is 69.4 Å². The van der Waals surface area contributed by atoms with E-state index < -0.39 is 0 Å². The van der Waals surface area contributed by atoms with E-state index in [0.29, 0.717) is 11.8 Å². The van der Waals surface area contributed by atoms with Gasteiger partial charge in [0.25, 0.3) is 0 Å². The number of benzene rings is 2. The number of hydrogen-bond acceptors (Lipinski definition) is 6. The number of unbranched alkanes of at least 4 members (excludes halogenated alkanes) is 6. The average molecular weight is 715 g/mol. The summed E-state index contributed by atoms with van der Waals surface area (Å²) < 4.78 is 12.5. The fourth-order valence-corrected chi connectivity index (χ4v) is 9.86. The number of aliphatic hydroxyl groups excluding tert-OH is 2. The molecule has 2 aromatic carbocycles. The molecule has 0 spiro atoms. The molecule has 2 aromatic rings. The molecule has 52 heavy (non-hydrogen) atoms. The van der Waals surface area contributed by atoms with Crippen molar-refractivity contribution in [3.8, 4) is 11.5 Å². The predicted molar refractivity (Wildman–Crippen MR) is 214 cm³/mol. The molecule has 2 bridgehead atoms. The third-order valence-electron chi connectivity index (χ3n) is 12.7. The van der Waals surface area contributed by atoms with Gasteiger partial charge in [-0.3, -0.25) is 0 Å². The second-order valence-electron chi connectivity index (χ2n) is 17.1. The van der Waals surface area contributed by atoms with Crippen LogP contribution in [0.5, 0.6) is 11.5 Å². The topological polar surface area (TPSA) is 65.4 Å². The van der Waals surface area contributed by atoms with Crippen molar-refractivity contribution in [3.05, 3.63) is 65.2 Å². The molecule has 2 N–H and O–H groups in total. The first kappa shape index (κ1) is 39.3. The van der Waals surface area contributed by atoms with Crippen molar-refractivity contribution in [2.45, 2.75) is 129 Å². The van der Waals surface area contributed by atoms with Crippen LogP contribution in [0.2, 0.25) is 0 Å². The van der Waals surface area contributed by atoms with E-state index in [0.717, 1.165) is 114 Å². The average Bonchev–Trinajstić information content (AvgIpc) is 3.14. The summed E-state index contributed by atoms with van der Waals surface area (Å²) in [6, 6.07) is 18.0. The van der Waals surface area contributed by atoms with Crippen LogP contribution >= 0.6 is 0 Å². The molecule has 6 heteroatoms. The van der Waals surface area contributed by atoms with Crippen molar-refractivity contribution >= 4 is 5.57 Å². The van der Waals surface area contributed by atoms with Crippen LogP contribution in [0, 0.1) is 23.7 Å². The Kier molecular flexibility index (Phi) is 15.4. The van der Waals surface area contributed by atoms with Crippen LogP contribution in [-0.4, -0.2) is 84.7 Å². The summed E-state index contributed by atoms with van der Waals surface area (Å²) >= 11 is 0. The van der Waals surface area contributed by atoms with Gasteiger partial charge in [0, 0.05) is 26.2 Å². The van der Waals surface area contributed by atoms with Gasteiger partial charge in [0.05, 0.1) is 25.4 Å². The lowest BCUT2D eigenvalue weighted by Gasteiger charge is -2.44. The Balaban J connectivity index is 1.00. The summed E-state index contributed by atoms with van der Waals surface area (Å²) in [4.78, 5) is 5.01. The Bertz CT molecular complexity index is 1260. The highest BCUT2D eigenvalue weighted by Gasteiger charge is 2.38. The zero-order chi connectivity index (χ0) is 36.1. The summed E-state index contributed by atoms with van der Waals surface area (Å²) in [5.41, 5.74) is 5.73. The third kappa shape index (κ3) is 11.8. The number of nitrogens with zero attached hydrogens (tertiary/aromatic N) is 2. The number of aliphatic hydroxyl groups is 2. The van der Waals surface area contributed by atoms with Crippen molar-refractivity contribution in [1.82, 2.24) is 9.80 Å². The van der Waals surface area contributed by atoms with Gasteiger partial charge in [-0.05, 0) is 155 Å². The van der Waals surface area contributed by atoms with Crippen molar-refractivity contribution in [2.24, 2.45) is 23.7 Å². The number of fused-ring (bicyclic) bond motifs is 2.